The summed E-state index contributed by atoms with van der Waals surface area (Å²) in [4.78, 5) is 31.5. The van der Waals surface area contributed by atoms with E-state index < -0.39 is 0 Å². The third-order valence-electron chi connectivity index (χ3n) is 5.93. The average Bonchev–Trinajstić information content (AvgIpc) is 3.27. The summed E-state index contributed by atoms with van der Waals surface area (Å²) in [7, 11) is 0. The van der Waals surface area contributed by atoms with Gasteiger partial charge < -0.3 is 9.80 Å². The van der Waals surface area contributed by atoms with Crippen LogP contribution in [0.3, 0.4) is 0 Å². The van der Waals surface area contributed by atoms with E-state index in [9.17, 15) is 4.79 Å². The van der Waals surface area contributed by atoms with Crippen molar-refractivity contribution in [3.8, 4) is 5.82 Å². The number of pyridine rings is 1. The minimum absolute atomic E-state index is 0.00384. The second kappa shape index (κ2) is 7.19. The van der Waals surface area contributed by atoms with Crippen molar-refractivity contribution < 1.29 is 4.79 Å². The lowest BCUT2D eigenvalue weighted by molar-refractivity contribution is 0.0716. The molecule has 0 radical (unpaired) electrons. The third kappa shape index (κ3) is 3.22. The van der Waals surface area contributed by atoms with Gasteiger partial charge >= 0.3 is 0 Å². The van der Waals surface area contributed by atoms with Gasteiger partial charge in [-0.3, -0.25) is 4.79 Å². The summed E-state index contributed by atoms with van der Waals surface area (Å²) in [5.74, 6) is 1.37. The molecule has 0 spiro atoms. The minimum atomic E-state index is 0.00384. The molecule has 0 N–H and O–H groups in total. The van der Waals surface area contributed by atoms with Gasteiger partial charge in [0.2, 0.25) is 5.95 Å². The van der Waals surface area contributed by atoms with Crippen molar-refractivity contribution in [1.82, 2.24) is 29.6 Å². The van der Waals surface area contributed by atoms with E-state index in [1.807, 2.05) is 50.1 Å². The molecular weight excluding hydrogens is 378 g/mol. The monoisotopic (exact) mass is 403 g/mol. The minimum Gasteiger partial charge on any atom is -0.334 e. The van der Waals surface area contributed by atoms with Crippen LogP contribution in [0.25, 0.3) is 5.82 Å². The van der Waals surface area contributed by atoms with Crippen LogP contribution in [0.1, 0.15) is 40.3 Å². The number of likely N-dealkylation sites (tertiary alicyclic amines) is 1. The maximum absolute atomic E-state index is 13.5. The lowest BCUT2D eigenvalue weighted by Crippen LogP contribution is -2.56. The van der Waals surface area contributed by atoms with Gasteiger partial charge in [-0.1, -0.05) is 0 Å². The van der Waals surface area contributed by atoms with Crippen molar-refractivity contribution in [2.45, 2.75) is 45.7 Å². The quantitative estimate of drug-likeness (QED) is 0.668. The summed E-state index contributed by atoms with van der Waals surface area (Å²) < 4.78 is 1.68. The zero-order chi connectivity index (χ0) is 20.8. The number of carbonyl (C=O) groups is 1. The number of amides is 1. The van der Waals surface area contributed by atoms with E-state index in [4.69, 9.17) is 0 Å². The molecule has 8 heteroatoms. The number of nitrogens with zero attached hydrogens (tertiary/aromatic N) is 7. The fraction of sp³-hybridized carbons (Fsp3) is 0.409. The van der Waals surface area contributed by atoms with Crippen LogP contribution in [-0.4, -0.2) is 60.7 Å². The van der Waals surface area contributed by atoms with Crippen LogP contribution in [0.2, 0.25) is 0 Å². The molecule has 2 saturated heterocycles. The van der Waals surface area contributed by atoms with Crippen molar-refractivity contribution in [2.75, 3.05) is 18.0 Å². The van der Waals surface area contributed by atoms with Crippen LogP contribution in [0.4, 0.5) is 5.95 Å². The second-order valence-corrected chi connectivity index (χ2v) is 8.23. The topological polar surface area (TPSA) is 80.0 Å². The maximum Gasteiger partial charge on any atom is 0.257 e. The summed E-state index contributed by atoms with van der Waals surface area (Å²) in [5, 5.41) is 4.44. The lowest BCUT2D eigenvalue weighted by Gasteiger charge is -2.41. The first kappa shape index (κ1) is 18.7. The average molecular weight is 403 g/mol. The molecule has 5 heterocycles. The number of anilines is 1. The highest BCUT2D eigenvalue weighted by atomic mass is 16.2. The molecule has 0 aliphatic carbocycles. The molecule has 5 rings (SSSR count). The Hall–Kier alpha value is -3.29. The summed E-state index contributed by atoms with van der Waals surface area (Å²) in [6, 6.07) is 8.02. The van der Waals surface area contributed by atoms with E-state index in [-0.39, 0.29) is 18.0 Å². The first-order valence-corrected chi connectivity index (χ1v) is 10.4. The van der Waals surface area contributed by atoms with Crippen LogP contribution in [0.15, 0.2) is 36.7 Å². The molecule has 2 fully saturated rings. The fourth-order valence-corrected chi connectivity index (χ4v) is 4.67. The number of aryl methyl sites for hydroxylation is 3. The van der Waals surface area contributed by atoms with Crippen LogP contribution < -0.4 is 4.90 Å². The van der Waals surface area contributed by atoms with E-state index in [1.165, 1.54) is 0 Å². The summed E-state index contributed by atoms with van der Waals surface area (Å²) in [6.07, 6.45) is 5.63. The molecule has 1 amide bonds. The van der Waals surface area contributed by atoms with E-state index >= 15 is 0 Å². The summed E-state index contributed by atoms with van der Waals surface area (Å²) in [5.41, 5.74) is 3.42. The van der Waals surface area contributed by atoms with E-state index in [1.54, 1.807) is 16.9 Å². The van der Waals surface area contributed by atoms with Crippen LogP contribution in [0.5, 0.6) is 0 Å². The molecule has 2 aliphatic rings. The number of aromatic nitrogens is 5. The van der Waals surface area contributed by atoms with Crippen molar-refractivity contribution in [1.29, 1.82) is 0 Å². The molecule has 3 aromatic rings. The van der Waals surface area contributed by atoms with Crippen LogP contribution >= 0.6 is 0 Å². The van der Waals surface area contributed by atoms with Crippen LogP contribution in [-0.2, 0) is 0 Å². The van der Waals surface area contributed by atoms with Gasteiger partial charge in [-0.25, -0.2) is 19.6 Å². The van der Waals surface area contributed by atoms with Crippen molar-refractivity contribution in [3.63, 3.8) is 0 Å². The van der Waals surface area contributed by atoms with Crippen molar-refractivity contribution in [2.24, 2.45) is 0 Å². The van der Waals surface area contributed by atoms with Gasteiger partial charge in [0.25, 0.3) is 5.91 Å². The maximum atomic E-state index is 13.5. The predicted octanol–water partition coefficient (Wildman–Crippen LogP) is 2.48. The van der Waals surface area contributed by atoms with E-state index in [0.717, 1.165) is 35.9 Å². The Morgan fingerprint density at radius 2 is 1.70 bits per heavy atom. The first-order chi connectivity index (χ1) is 14.5. The van der Waals surface area contributed by atoms with Gasteiger partial charge in [0.15, 0.2) is 5.82 Å². The molecule has 30 heavy (non-hydrogen) atoms. The normalized spacial score (nSPS) is 20.6. The Balaban J connectivity index is 1.41. The Morgan fingerprint density at radius 3 is 2.33 bits per heavy atom. The largest absolute Gasteiger partial charge is 0.334 e. The van der Waals surface area contributed by atoms with Crippen LogP contribution in [0, 0.1) is 20.8 Å². The Bertz CT molecular complexity index is 1070. The number of hydrogen-bond acceptors (Lipinski definition) is 6. The molecule has 0 aromatic carbocycles. The predicted molar refractivity (Wildman–Crippen MR) is 113 cm³/mol. The number of piperazine rings is 1. The highest BCUT2D eigenvalue weighted by Gasteiger charge is 2.43. The SMILES string of the molecule is Cc1cc(C)nc(N2C3CCC2CN(C(=O)c2cccnc2-n2ccc(C)n2)C3)n1. The molecule has 2 aliphatic heterocycles. The second-order valence-electron chi connectivity index (χ2n) is 8.23. The molecule has 2 unspecified atom stereocenters. The molecule has 8 nitrogen and oxygen atoms in total. The summed E-state index contributed by atoms with van der Waals surface area (Å²) in [6.45, 7) is 7.25. The number of carbonyl (C=O) groups excluding carboxylic acids is 1. The highest BCUT2D eigenvalue weighted by molar-refractivity contribution is 5.97. The number of fused-ring (bicyclic) bond motifs is 2. The molecule has 0 saturated carbocycles. The fourth-order valence-electron chi connectivity index (χ4n) is 4.67. The smallest absolute Gasteiger partial charge is 0.257 e. The van der Waals surface area contributed by atoms with Gasteiger partial charge in [0, 0.05) is 49.0 Å². The number of rotatable bonds is 3. The summed E-state index contributed by atoms with van der Waals surface area (Å²) >= 11 is 0. The zero-order valence-electron chi connectivity index (χ0n) is 17.5. The van der Waals surface area contributed by atoms with E-state index in [0.29, 0.717) is 24.5 Å². The first-order valence-electron chi connectivity index (χ1n) is 10.4. The lowest BCUT2D eigenvalue weighted by atomic mass is 10.1. The zero-order valence-corrected chi connectivity index (χ0v) is 17.5. The van der Waals surface area contributed by atoms with E-state index in [2.05, 4.69) is 25.0 Å². The molecule has 2 bridgehead atoms. The third-order valence-corrected chi connectivity index (χ3v) is 5.93. The van der Waals surface area contributed by atoms with Gasteiger partial charge in [-0.05, 0) is 57.9 Å². The van der Waals surface area contributed by atoms with Gasteiger partial charge in [-0.2, -0.15) is 5.10 Å². The van der Waals surface area contributed by atoms with Gasteiger partial charge in [-0.15, -0.1) is 0 Å². The van der Waals surface area contributed by atoms with Gasteiger partial charge in [0.1, 0.15) is 0 Å². The van der Waals surface area contributed by atoms with Gasteiger partial charge in [0.05, 0.1) is 11.3 Å². The molecular formula is C22H25N7O. The highest BCUT2D eigenvalue weighted by Crippen LogP contribution is 2.34. The number of hydrogen-bond donors (Lipinski definition) is 0. The van der Waals surface area contributed by atoms with Crippen molar-refractivity contribution >= 4 is 11.9 Å². The Labute approximate surface area is 175 Å². The molecule has 3 aromatic heterocycles. The Morgan fingerprint density at radius 1 is 1.00 bits per heavy atom. The standard InChI is InChI=1S/C22H25N7O/c1-14-8-10-28(26-14)20-19(5-4-9-23-20)21(30)27-12-17-6-7-18(13-27)29(17)22-24-15(2)11-16(3)25-22/h4-5,8-11,17-18H,6-7,12-13H2,1-3H3. The van der Waals surface area contributed by atoms with Crippen molar-refractivity contribution in [3.05, 3.63) is 59.3 Å². The molecule has 2 atom stereocenters. The molecule has 154 valence electrons. The Kier molecular flexibility index (Phi) is 4.49.